The normalized spacial score (nSPS) is 44.6. The second kappa shape index (κ2) is 10.9. The Labute approximate surface area is 261 Å². The van der Waals surface area contributed by atoms with E-state index in [-0.39, 0.29) is 17.6 Å². The summed E-state index contributed by atoms with van der Waals surface area (Å²) in [6.45, 7) is 13.8. The van der Waals surface area contributed by atoms with Crippen molar-refractivity contribution in [1.29, 1.82) is 0 Å². The van der Waals surface area contributed by atoms with Gasteiger partial charge in [0, 0.05) is 32.6 Å². The van der Waals surface area contributed by atoms with Gasteiger partial charge in [-0.05, 0) is 43.9 Å². The molecule has 5 fully saturated rings. The third kappa shape index (κ3) is 4.39. The van der Waals surface area contributed by atoms with E-state index in [0.717, 1.165) is 20.8 Å². The fraction of sp³-hybridized carbons (Fsp3) is 0.636. The molecule has 3 aliphatic carbocycles. The molecule has 2 bridgehead atoms. The Hall–Kier alpha value is -3.32. The van der Waals surface area contributed by atoms with Gasteiger partial charge in [-0.2, -0.15) is 0 Å². The van der Waals surface area contributed by atoms with Crippen molar-refractivity contribution >= 4 is 23.9 Å². The Balaban J connectivity index is 1.85. The summed E-state index contributed by atoms with van der Waals surface area (Å²) in [4.78, 5) is 52.2. The molecule has 1 aromatic rings. The first kappa shape index (κ1) is 33.1. The molecule has 1 spiro atoms. The number of esters is 4. The monoisotopic (exact) mass is 630 g/mol. The first-order valence-electron chi connectivity index (χ1n) is 15.1. The number of rotatable bonds is 6. The van der Waals surface area contributed by atoms with E-state index >= 15 is 0 Å². The van der Waals surface area contributed by atoms with E-state index in [1.54, 1.807) is 32.0 Å². The zero-order chi connectivity index (χ0) is 33.4. The molecule has 3 N–H and O–H groups in total. The maximum absolute atomic E-state index is 13.8. The standard InChI is InChI=1S/C33H42O12/c1-15(2)32(44-28(38)21-12-10-9-11-13-21)25(41-18(5)34)17(4)31(40)22-14-16(3)24(37)33(22)29(39)30(8,45-33)26(42-19(6)35)23(31)27(32)43-20(7)36/h9-13,16-17,22-27,29,37,39-40H,1,14H2,2-8H3/t16-,17+,22-,23-,24-,25-,26-,27+,29+,30+,31-,32-,33+/m0/s1. The summed E-state index contributed by atoms with van der Waals surface area (Å²) in [7, 11) is 0. The van der Waals surface area contributed by atoms with Gasteiger partial charge in [0.1, 0.15) is 23.4 Å². The summed E-state index contributed by atoms with van der Waals surface area (Å²) in [5.74, 6) is -7.39. The van der Waals surface area contributed by atoms with E-state index in [1.165, 1.54) is 26.0 Å². The minimum absolute atomic E-state index is 0.109. The predicted octanol–water partition coefficient (Wildman–Crippen LogP) is 1.87. The number of hydrogen-bond acceptors (Lipinski definition) is 12. The Bertz CT molecular complexity index is 1410. The van der Waals surface area contributed by atoms with Crippen molar-refractivity contribution in [2.75, 3.05) is 0 Å². The number of aliphatic hydroxyl groups excluding tert-OH is 2. The van der Waals surface area contributed by atoms with Crippen LogP contribution < -0.4 is 0 Å². The third-order valence-corrected chi connectivity index (χ3v) is 10.7. The smallest absolute Gasteiger partial charge is 0.339 e. The fourth-order valence-electron chi connectivity index (χ4n) is 8.91. The molecule has 0 amide bonds. The Morgan fingerprint density at radius 3 is 1.93 bits per heavy atom. The average molecular weight is 631 g/mol. The minimum Gasteiger partial charge on any atom is -0.459 e. The summed E-state index contributed by atoms with van der Waals surface area (Å²) in [5, 5.41) is 36.6. The number of ether oxygens (including phenoxy) is 5. The molecule has 2 heterocycles. The van der Waals surface area contributed by atoms with Crippen LogP contribution in [-0.2, 0) is 38.1 Å². The van der Waals surface area contributed by atoms with E-state index in [9.17, 15) is 34.5 Å². The lowest BCUT2D eigenvalue weighted by atomic mass is 9.52. The van der Waals surface area contributed by atoms with Crippen molar-refractivity contribution < 1.29 is 58.2 Å². The van der Waals surface area contributed by atoms with Gasteiger partial charge < -0.3 is 39.0 Å². The van der Waals surface area contributed by atoms with Gasteiger partial charge in [-0.1, -0.05) is 38.6 Å². The molecule has 13 atom stereocenters. The number of hydrogen-bond donors (Lipinski definition) is 3. The first-order valence-corrected chi connectivity index (χ1v) is 15.1. The van der Waals surface area contributed by atoms with Crippen molar-refractivity contribution in [3.05, 3.63) is 48.0 Å². The Morgan fingerprint density at radius 2 is 1.42 bits per heavy atom. The van der Waals surface area contributed by atoms with Crippen LogP contribution in [0.4, 0.5) is 0 Å². The molecule has 0 radical (unpaired) electrons. The van der Waals surface area contributed by atoms with E-state index < -0.39 is 100 Å². The van der Waals surface area contributed by atoms with Crippen molar-refractivity contribution in [2.45, 2.75) is 108 Å². The van der Waals surface area contributed by atoms with E-state index in [0.29, 0.717) is 0 Å². The molecular weight excluding hydrogens is 588 g/mol. The Kier molecular flexibility index (Phi) is 8.00. The molecule has 2 saturated heterocycles. The maximum Gasteiger partial charge on any atom is 0.339 e. The summed E-state index contributed by atoms with van der Waals surface area (Å²) in [6.07, 6.45) is -7.24. The fourth-order valence-corrected chi connectivity index (χ4v) is 8.91. The molecule has 1 aromatic carbocycles. The van der Waals surface area contributed by atoms with Gasteiger partial charge in [0.05, 0.1) is 23.2 Å². The number of aliphatic hydroxyl groups is 3. The third-order valence-electron chi connectivity index (χ3n) is 10.7. The topological polar surface area (TPSA) is 175 Å². The van der Waals surface area contributed by atoms with Crippen LogP contribution >= 0.6 is 0 Å². The van der Waals surface area contributed by atoms with E-state index in [4.69, 9.17) is 23.7 Å². The quantitative estimate of drug-likeness (QED) is 0.237. The zero-order valence-electron chi connectivity index (χ0n) is 26.5. The molecular formula is C33H42O12. The highest BCUT2D eigenvalue weighted by atomic mass is 16.6. The molecule has 0 unspecified atom stereocenters. The van der Waals surface area contributed by atoms with Gasteiger partial charge in [-0.25, -0.2) is 4.79 Å². The van der Waals surface area contributed by atoms with Crippen LogP contribution in [0.15, 0.2) is 42.5 Å². The van der Waals surface area contributed by atoms with Gasteiger partial charge in [-0.15, -0.1) is 0 Å². The van der Waals surface area contributed by atoms with Gasteiger partial charge in [0.2, 0.25) is 5.60 Å². The maximum atomic E-state index is 13.8. The number of carbonyl (C=O) groups is 4. The van der Waals surface area contributed by atoms with Crippen molar-refractivity contribution in [3.8, 4) is 0 Å². The summed E-state index contributed by atoms with van der Waals surface area (Å²) < 4.78 is 30.5. The largest absolute Gasteiger partial charge is 0.459 e. The van der Waals surface area contributed by atoms with Gasteiger partial charge in [0.25, 0.3) is 0 Å². The van der Waals surface area contributed by atoms with E-state index in [1.807, 2.05) is 0 Å². The molecule has 6 rings (SSSR count). The molecule has 0 aromatic heterocycles. The molecule has 2 aliphatic heterocycles. The van der Waals surface area contributed by atoms with Crippen molar-refractivity contribution in [2.24, 2.45) is 23.7 Å². The van der Waals surface area contributed by atoms with E-state index in [2.05, 4.69) is 6.58 Å². The van der Waals surface area contributed by atoms with Crippen LogP contribution in [0.2, 0.25) is 0 Å². The second-order valence-electron chi connectivity index (χ2n) is 13.4. The van der Waals surface area contributed by atoms with Crippen molar-refractivity contribution in [3.63, 3.8) is 0 Å². The SMILES string of the molecule is C=C(C)[C@@]1(OC(=O)c2ccccc2)[C@H](OC(C)=O)[C@@H]2[C@H](OC(C)=O)[C@@]3(C)O[C@@]4([C@@H]3O)[C@@H](O)[C@@H](C)C[C@H]4[C@@]2(O)[C@H](C)[C@@H]1OC(C)=O. The second-order valence-corrected chi connectivity index (χ2v) is 13.4. The summed E-state index contributed by atoms with van der Waals surface area (Å²) in [6, 6.07) is 7.98. The average Bonchev–Trinajstić information content (AvgIpc) is 3.17. The zero-order valence-corrected chi connectivity index (χ0v) is 26.5. The summed E-state index contributed by atoms with van der Waals surface area (Å²) >= 11 is 0. The van der Waals surface area contributed by atoms with Crippen LogP contribution in [0.5, 0.6) is 0 Å². The number of carbonyl (C=O) groups excluding carboxylic acids is 4. The lowest BCUT2D eigenvalue weighted by molar-refractivity contribution is -0.391. The lowest BCUT2D eigenvalue weighted by Crippen LogP contribution is -2.79. The van der Waals surface area contributed by atoms with Gasteiger partial charge >= 0.3 is 23.9 Å². The molecule has 246 valence electrons. The Morgan fingerprint density at radius 1 is 0.889 bits per heavy atom. The number of benzene rings is 1. The molecule has 3 saturated carbocycles. The lowest BCUT2D eigenvalue weighted by Gasteiger charge is -2.61. The van der Waals surface area contributed by atoms with Crippen LogP contribution in [0.3, 0.4) is 0 Å². The van der Waals surface area contributed by atoms with Gasteiger partial charge in [0.15, 0.2) is 12.2 Å². The van der Waals surface area contributed by atoms with Crippen LogP contribution in [-0.4, -0.2) is 92.1 Å². The molecule has 45 heavy (non-hydrogen) atoms. The predicted molar refractivity (Wildman–Crippen MR) is 155 cm³/mol. The highest BCUT2D eigenvalue weighted by Gasteiger charge is 2.87. The highest BCUT2D eigenvalue weighted by Crippen LogP contribution is 2.70. The van der Waals surface area contributed by atoms with Crippen LogP contribution in [0.25, 0.3) is 0 Å². The van der Waals surface area contributed by atoms with Crippen molar-refractivity contribution in [1.82, 2.24) is 0 Å². The minimum atomic E-state index is -2.13. The van der Waals surface area contributed by atoms with Gasteiger partial charge in [-0.3, -0.25) is 14.4 Å². The van der Waals surface area contributed by atoms with Crippen LogP contribution in [0, 0.1) is 23.7 Å². The molecule has 12 nitrogen and oxygen atoms in total. The molecule has 5 aliphatic rings. The highest BCUT2D eigenvalue weighted by molar-refractivity contribution is 5.90. The molecule has 12 heteroatoms. The first-order chi connectivity index (χ1) is 20.9. The van der Waals surface area contributed by atoms with Crippen LogP contribution in [0.1, 0.15) is 65.2 Å². The summed E-state index contributed by atoms with van der Waals surface area (Å²) in [5.41, 5.74) is -7.41.